The number of benzene rings is 1. The molecule has 0 bridgehead atoms. The monoisotopic (exact) mass is 590 g/mol. The van der Waals surface area contributed by atoms with Gasteiger partial charge in [0.2, 0.25) is 17.7 Å². The molecule has 0 aromatic heterocycles. The van der Waals surface area contributed by atoms with Gasteiger partial charge in [0, 0.05) is 6.42 Å². The normalized spacial score (nSPS) is 14.7. The van der Waals surface area contributed by atoms with Crippen LogP contribution < -0.4 is 21.3 Å². The molecule has 0 heterocycles. The number of carbonyl (C=O) groups is 5. The molecular weight excluding hydrogens is 540 g/mol. The molecule has 0 aliphatic rings. The molecule has 0 spiro atoms. The number of alkyl carbamates (subject to hydrolysis) is 1. The van der Waals surface area contributed by atoms with Crippen molar-refractivity contribution in [2.75, 3.05) is 0 Å². The van der Waals surface area contributed by atoms with Gasteiger partial charge in [0.15, 0.2) is 0 Å². The van der Waals surface area contributed by atoms with Crippen molar-refractivity contribution in [3.63, 3.8) is 0 Å². The Hall–Kier alpha value is -3.63. The lowest BCUT2D eigenvalue weighted by atomic mass is 9.98. The molecule has 0 radical (unpaired) electrons. The van der Waals surface area contributed by atoms with Crippen molar-refractivity contribution in [1.29, 1.82) is 0 Å². The molecule has 0 unspecified atom stereocenters. The van der Waals surface area contributed by atoms with E-state index in [4.69, 9.17) is 9.47 Å². The molecule has 0 saturated carbocycles. The Labute approximate surface area is 250 Å². The highest BCUT2D eigenvalue weighted by molar-refractivity contribution is 5.95. The van der Waals surface area contributed by atoms with Gasteiger partial charge in [-0.05, 0) is 65.9 Å². The highest BCUT2D eigenvalue weighted by atomic mass is 16.6. The summed E-state index contributed by atoms with van der Waals surface area (Å²) in [5.41, 5.74) is -0.708. The molecule has 0 aliphatic carbocycles. The highest BCUT2D eigenvalue weighted by Gasteiger charge is 2.35. The Kier molecular flexibility index (Phi) is 13.5. The van der Waals surface area contributed by atoms with Gasteiger partial charge in [0.1, 0.15) is 35.4 Å². The lowest BCUT2D eigenvalue weighted by molar-refractivity contribution is -0.160. The zero-order valence-electron chi connectivity index (χ0n) is 26.9. The fourth-order valence-corrected chi connectivity index (χ4v) is 3.80. The summed E-state index contributed by atoms with van der Waals surface area (Å²) >= 11 is 0. The summed E-state index contributed by atoms with van der Waals surface area (Å²) in [6, 6.07) is 5.09. The van der Waals surface area contributed by atoms with Crippen LogP contribution in [0.15, 0.2) is 30.3 Å². The lowest BCUT2D eigenvalue weighted by Gasteiger charge is -2.30. The second-order valence-corrected chi connectivity index (χ2v) is 13.1. The van der Waals surface area contributed by atoms with E-state index < -0.39 is 65.2 Å². The van der Waals surface area contributed by atoms with E-state index in [0.29, 0.717) is 0 Å². The first kappa shape index (κ1) is 36.4. The van der Waals surface area contributed by atoms with Gasteiger partial charge in [-0.2, -0.15) is 0 Å². The lowest BCUT2D eigenvalue weighted by Crippen LogP contribution is -2.59. The summed E-state index contributed by atoms with van der Waals surface area (Å²) in [5, 5.41) is 10.7. The molecule has 11 heteroatoms. The number of ether oxygens (including phenoxy) is 2. The molecule has 0 aliphatic heterocycles. The smallest absolute Gasteiger partial charge is 0.408 e. The van der Waals surface area contributed by atoms with Crippen LogP contribution in [0.2, 0.25) is 0 Å². The third kappa shape index (κ3) is 13.4. The van der Waals surface area contributed by atoms with E-state index >= 15 is 0 Å². The number of esters is 1. The Morgan fingerprint density at radius 2 is 1.14 bits per heavy atom. The van der Waals surface area contributed by atoms with Gasteiger partial charge >= 0.3 is 12.1 Å². The van der Waals surface area contributed by atoms with Gasteiger partial charge in [-0.25, -0.2) is 9.59 Å². The highest BCUT2D eigenvalue weighted by Crippen LogP contribution is 2.14. The third-order valence-electron chi connectivity index (χ3n) is 5.91. The average molecular weight is 591 g/mol. The second kappa shape index (κ2) is 15.6. The van der Waals surface area contributed by atoms with Crippen LogP contribution in [0.25, 0.3) is 0 Å². The Bertz CT molecular complexity index is 1070. The summed E-state index contributed by atoms with van der Waals surface area (Å²) in [6.07, 6.45) is -0.633. The molecular formula is C31H50N4O7. The summed E-state index contributed by atoms with van der Waals surface area (Å²) in [5.74, 6) is -2.93. The molecule has 1 aromatic carbocycles. The summed E-state index contributed by atoms with van der Waals surface area (Å²) in [7, 11) is 0. The number of hydrogen-bond acceptors (Lipinski definition) is 7. The summed E-state index contributed by atoms with van der Waals surface area (Å²) in [6.45, 7) is 18.9. The van der Waals surface area contributed by atoms with Crippen molar-refractivity contribution < 1.29 is 33.4 Å². The van der Waals surface area contributed by atoms with Gasteiger partial charge in [0.05, 0.1) is 0 Å². The maximum atomic E-state index is 13.6. The van der Waals surface area contributed by atoms with Crippen molar-refractivity contribution in [2.24, 2.45) is 11.8 Å². The van der Waals surface area contributed by atoms with Gasteiger partial charge in [-0.3, -0.25) is 14.4 Å². The summed E-state index contributed by atoms with van der Waals surface area (Å²) in [4.78, 5) is 64.9. The average Bonchev–Trinajstić information content (AvgIpc) is 2.82. The second-order valence-electron chi connectivity index (χ2n) is 13.1. The molecule has 42 heavy (non-hydrogen) atoms. The standard InChI is InChI=1S/C31H50N4O7/c1-18(2)23(27(38)35-24(19(3)4)28(39)41-30(6,7)8)34-26(37)22(17-21-15-13-12-14-16-21)33-25(36)20(5)32-29(40)42-31(9,10)11/h12-16,18-20,22-24H,17H2,1-11H3,(H,32,40)(H,33,36)(H,34,37)(H,35,38)/t20-,22-,23-,24+/m0/s1. The molecule has 1 aromatic rings. The van der Waals surface area contributed by atoms with Crippen LogP contribution in [0.4, 0.5) is 4.79 Å². The number of amides is 4. The predicted octanol–water partition coefficient (Wildman–Crippen LogP) is 3.25. The quantitative estimate of drug-likeness (QED) is 0.273. The minimum Gasteiger partial charge on any atom is -0.458 e. The van der Waals surface area contributed by atoms with Gasteiger partial charge in [0.25, 0.3) is 0 Å². The Morgan fingerprint density at radius 3 is 1.62 bits per heavy atom. The van der Waals surface area contributed by atoms with Crippen LogP contribution in [0.3, 0.4) is 0 Å². The SMILES string of the molecule is CC(C)[C@H](NC(=O)[C@H](Cc1ccccc1)NC(=O)[C@H](C)NC(=O)OC(C)(C)C)C(=O)N[C@@H](C(=O)OC(C)(C)C)C(C)C. The molecule has 236 valence electrons. The fraction of sp³-hybridized carbons (Fsp3) is 0.645. The topological polar surface area (TPSA) is 152 Å². The minimum absolute atomic E-state index is 0.135. The molecule has 0 fully saturated rings. The van der Waals surface area contributed by atoms with Crippen LogP contribution >= 0.6 is 0 Å². The molecule has 11 nitrogen and oxygen atoms in total. The summed E-state index contributed by atoms with van der Waals surface area (Å²) < 4.78 is 10.7. The molecule has 0 saturated heterocycles. The molecule has 4 atom stereocenters. The van der Waals surface area contributed by atoms with Crippen molar-refractivity contribution in [3.8, 4) is 0 Å². The Morgan fingerprint density at radius 1 is 0.643 bits per heavy atom. The van der Waals surface area contributed by atoms with Crippen LogP contribution in [0, 0.1) is 11.8 Å². The van der Waals surface area contributed by atoms with Crippen LogP contribution in [0.5, 0.6) is 0 Å². The Balaban J connectivity index is 3.13. The van der Waals surface area contributed by atoms with E-state index in [2.05, 4.69) is 21.3 Å². The van der Waals surface area contributed by atoms with Crippen molar-refractivity contribution in [1.82, 2.24) is 21.3 Å². The molecule has 4 amide bonds. The first-order chi connectivity index (χ1) is 19.2. The van der Waals surface area contributed by atoms with Crippen molar-refractivity contribution in [2.45, 2.75) is 118 Å². The van der Waals surface area contributed by atoms with Crippen LogP contribution in [0.1, 0.15) is 81.7 Å². The van der Waals surface area contributed by atoms with Crippen LogP contribution in [-0.4, -0.2) is 65.2 Å². The predicted molar refractivity (Wildman–Crippen MR) is 160 cm³/mol. The maximum absolute atomic E-state index is 13.6. The van der Waals surface area contributed by atoms with E-state index in [1.54, 1.807) is 69.2 Å². The first-order valence-electron chi connectivity index (χ1n) is 14.4. The van der Waals surface area contributed by atoms with Crippen molar-refractivity contribution >= 4 is 29.8 Å². The molecule has 4 N–H and O–H groups in total. The number of rotatable bonds is 12. The number of hydrogen-bond donors (Lipinski definition) is 4. The van der Waals surface area contributed by atoms with E-state index in [0.717, 1.165) is 5.56 Å². The van der Waals surface area contributed by atoms with Crippen molar-refractivity contribution in [3.05, 3.63) is 35.9 Å². The van der Waals surface area contributed by atoms with Gasteiger partial charge in [-0.15, -0.1) is 0 Å². The van der Waals surface area contributed by atoms with Gasteiger partial charge in [-0.1, -0.05) is 58.0 Å². The maximum Gasteiger partial charge on any atom is 0.408 e. The van der Waals surface area contributed by atoms with Crippen LogP contribution in [-0.2, 0) is 35.1 Å². The van der Waals surface area contributed by atoms with E-state index in [-0.39, 0.29) is 18.3 Å². The third-order valence-corrected chi connectivity index (χ3v) is 5.91. The number of nitrogens with one attached hydrogen (secondary N) is 4. The number of carbonyl (C=O) groups excluding carboxylic acids is 5. The zero-order chi connectivity index (χ0) is 32.4. The van der Waals surface area contributed by atoms with Gasteiger partial charge < -0.3 is 30.7 Å². The fourth-order valence-electron chi connectivity index (χ4n) is 3.80. The zero-order valence-corrected chi connectivity index (χ0v) is 26.9. The van der Waals surface area contributed by atoms with E-state index in [1.165, 1.54) is 6.92 Å². The largest absolute Gasteiger partial charge is 0.458 e. The van der Waals surface area contributed by atoms with E-state index in [1.807, 2.05) is 30.3 Å². The van der Waals surface area contributed by atoms with E-state index in [9.17, 15) is 24.0 Å². The molecule has 1 rings (SSSR count). The first-order valence-corrected chi connectivity index (χ1v) is 14.4. The minimum atomic E-state index is -1.07.